The maximum Gasteiger partial charge on any atom is 0.347 e. The Labute approximate surface area is 140 Å². The maximum absolute atomic E-state index is 11.5. The van der Waals surface area contributed by atoms with Crippen molar-refractivity contribution >= 4 is 40.0 Å². The van der Waals surface area contributed by atoms with Gasteiger partial charge in [0.1, 0.15) is 9.88 Å². The fourth-order valence-corrected chi connectivity index (χ4v) is 5.09. The second-order valence-electron chi connectivity index (χ2n) is 5.89. The van der Waals surface area contributed by atoms with Gasteiger partial charge in [-0.2, -0.15) is 0 Å². The Morgan fingerprint density at radius 2 is 1.82 bits per heavy atom. The van der Waals surface area contributed by atoms with Crippen molar-refractivity contribution in [3.05, 3.63) is 40.2 Å². The van der Waals surface area contributed by atoms with Crippen molar-refractivity contribution in [2.45, 2.75) is 26.2 Å². The van der Waals surface area contributed by atoms with Gasteiger partial charge in [-0.25, -0.2) is 9.78 Å². The average molecular weight is 350 g/mol. The summed E-state index contributed by atoms with van der Waals surface area (Å²) in [6, 6.07) is 8.22. The van der Waals surface area contributed by atoms with Gasteiger partial charge >= 0.3 is 5.97 Å². The highest BCUT2D eigenvalue weighted by Gasteiger charge is 2.27. The Kier molecular flexibility index (Phi) is 3.92. The third-order valence-corrected chi connectivity index (χ3v) is 6.48. The lowest BCUT2D eigenvalue weighted by Crippen LogP contribution is -2.16. The summed E-state index contributed by atoms with van der Waals surface area (Å²) < 4.78 is 0. The minimum atomic E-state index is -0.899. The zero-order valence-corrected chi connectivity index (χ0v) is 14.9. The van der Waals surface area contributed by atoms with Crippen molar-refractivity contribution in [2.75, 3.05) is 0 Å². The van der Waals surface area contributed by atoms with Crippen LogP contribution in [0, 0.1) is 0 Å². The van der Waals surface area contributed by atoms with Crippen LogP contribution in [0.5, 0.6) is 0 Å². The van der Waals surface area contributed by atoms with Crippen LogP contribution in [-0.2, 0) is 5.41 Å². The van der Waals surface area contributed by atoms with E-state index in [1.807, 2.05) is 32.9 Å². The van der Waals surface area contributed by atoms with Crippen molar-refractivity contribution in [2.24, 2.45) is 0 Å². The number of rotatable bonds is 3. The maximum atomic E-state index is 11.5. The first-order valence-electron chi connectivity index (χ1n) is 6.75. The third-order valence-electron chi connectivity index (χ3n) is 3.11. The number of thiophene rings is 2. The van der Waals surface area contributed by atoms with Crippen molar-refractivity contribution in [1.29, 1.82) is 0 Å². The highest BCUT2D eigenvalue weighted by atomic mass is 32.1. The van der Waals surface area contributed by atoms with E-state index in [1.165, 1.54) is 21.1 Å². The van der Waals surface area contributed by atoms with Gasteiger partial charge in [-0.3, -0.25) is 0 Å². The van der Waals surface area contributed by atoms with Gasteiger partial charge in [0.05, 0.1) is 10.6 Å². The van der Waals surface area contributed by atoms with Gasteiger partial charge in [0.15, 0.2) is 0 Å². The highest BCUT2D eigenvalue weighted by molar-refractivity contribution is 7.26. The van der Waals surface area contributed by atoms with Crippen LogP contribution in [0.2, 0.25) is 0 Å². The Morgan fingerprint density at radius 1 is 1.09 bits per heavy atom. The molecule has 0 aliphatic rings. The van der Waals surface area contributed by atoms with E-state index in [2.05, 4.69) is 22.5 Å². The Balaban J connectivity index is 2.04. The summed E-state index contributed by atoms with van der Waals surface area (Å²) in [7, 11) is 0. The van der Waals surface area contributed by atoms with E-state index in [1.54, 1.807) is 22.7 Å². The average Bonchev–Trinajstić information content (AvgIpc) is 3.17. The van der Waals surface area contributed by atoms with Crippen LogP contribution < -0.4 is 0 Å². The lowest BCUT2D eigenvalue weighted by Gasteiger charge is -2.15. The molecule has 0 atom stereocenters. The molecule has 0 unspecified atom stereocenters. The van der Waals surface area contributed by atoms with Crippen LogP contribution >= 0.6 is 34.0 Å². The van der Waals surface area contributed by atoms with E-state index < -0.39 is 5.97 Å². The molecule has 0 aliphatic heterocycles. The van der Waals surface area contributed by atoms with Crippen molar-refractivity contribution < 1.29 is 9.90 Å². The lowest BCUT2D eigenvalue weighted by atomic mass is 9.91. The van der Waals surface area contributed by atoms with E-state index in [0.717, 1.165) is 9.88 Å². The van der Waals surface area contributed by atoms with Crippen LogP contribution in [-0.4, -0.2) is 16.1 Å². The number of carboxylic acids is 1. The molecule has 3 aromatic heterocycles. The van der Waals surface area contributed by atoms with Gasteiger partial charge in [-0.15, -0.1) is 34.0 Å². The summed E-state index contributed by atoms with van der Waals surface area (Å²) in [6.45, 7) is 5.97. The molecule has 0 fully saturated rings. The molecule has 3 aromatic rings. The molecule has 3 rings (SSSR count). The first kappa shape index (κ1) is 15.4. The number of carbonyl (C=O) groups is 1. The number of hydrogen-bond donors (Lipinski definition) is 1. The smallest absolute Gasteiger partial charge is 0.347 e. The van der Waals surface area contributed by atoms with E-state index in [-0.39, 0.29) is 5.41 Å². The van der Waals surface area contributed by atoms with Crippen LogP contribution in [0.15, 0.2) is 29.6 Å². The van der Waals surface area contributed by atoms with E-state index in [9.17, 15) is 9.90 Å². The van der Waals surface area contributed by atoms with Gasteiger partial charge in [-0.1, -0.05) is 26.8 Å². The minimum Gasteiger partial charge on any atom is -0.477 e. The van der Waals surface area contributed by atoms with E-state index in [4.69, 9.17) is 0 Å². The Hall–Kier alpha value is -1.50. The van der Waals surface area contributed by atoms with Crippen LogP contribution in [0.3, 0.4) is 0 Å². The van der Waals surface area contributed by atoms with Gasteiger partial charge in [0.2, 0.25) is 0 Å². The second kappa shape index (κ2) is 5.61. The number of carboxylic acid groups (broad SMARTS) is 1. The van der Waals surface area contributed by atoms with Crippen LogP contribution in [0.4, 0.5) is 0 Å². The zero-order chi connectivity index (χ0) is 15.9. The number of aromatic nitrogens is 1. The van der Waals surface area contributed by atoms with Crippen molar-refractivity contribution in [1.82, 2.24) is 4.98 Å². The standard InChI is InChI=1S/C16H15NO2S3/c1-16(2,3)13-12(15(18)19)22-14(17-13)11-7-6-10(21-11)9-5-4-8-20-9/h4-8H,1-3H3,(H,18,19). The van der Waals surface area contributed by atoms with Crippen LogP contribution in [0.25, 0.3) is 19.6 Å². The molecule has 0 radical (unpaired) electrons. The summed E-state index contributed by atoms with van der Waals surface area (Å²) in [5.41, 5.74) is 0.377. The molecular formula is C16H15NO2S3. The first-order chi connectivity index (χ1) is 10.4. The molecule has 0 aromatic carbocycles. The fourth-order valence-electron chi connectivity index (χ4n) is 2.08. The molecule has 0 bridgehead atoms. The Bertz CT molecular complexity index is 807. The molecule has 0 saturated carbocycles. The molecule has 0 amide bonds. The SMILES string of the molecule is CC(C)(C)c1nc(-c2ccc(-c3cccs3)s2)sc1C(=O)O. The number of nitrogens with zero attached hydrogens (tertiary/aromatic N) is 1. The predicted octanol–water partition coefficient (Wildman–Crippen LogP) is 5.60. The van der Waals surface area contributed by atoms with Crippen LogP contribution in [0.1, 0.15) is 36.1 Å². The number of hydrogen-bond acceptors (Lipinski definition) is 5. The van der Waals surface area contributed by atoms with Gasteiger partial charge in [0.25, 0.3) is 0 Å². The third kappa shape index (κ3) is 2.86. The summed E-state index contributed by atoms with van der Waals surface area (Å²) in [6.07, 6.45) is 0. The lowest BCUT2D eigenvalue weighted by molar-refractivity contribution is 0.0699. The molecule has 114 valence electrons. The largest absolute Gasteiger partial charge is 0.477 e. The molecule has 22 heavy (non-hydrogen) atoms. The summed E-state index contributed by atoms with van der Waals surface area (Å²) in [4.78, 5) is 19.9. The molecule has 1 N–H and O–H groups in total. The summed E-state index contributed by atoms with van der Waals surface area (Å²) in [5.74, 6) is -0.899. The normalized spacial score (nSPS) is 11.8. The van der Waals surface area contributed by atoms with Crippen molar-refractivity contribution in [3.63, 3.8) is 0 Å². The van der Waals surface area contributed by atoms with Gasteiger partial charge < -0.3 is 5.11 Å². The molecule has 3 heterocycles. The number of thiazole rings is 1. The first-order valence-corrected chi connectivity index (χ1v) is 9.26. The second-order valence-corrected chi connectivity index (χ2v) is 8.92. The fraction of sp³-hybridized carbons (Fsp3) is 0.250. The topological polar surface area (TPSA) is 50.2 Å². The molecule has 6 heteroatoms. The van der Waals surface area contributed by atoms with E-state index >= 15 is 0 Å². The molecule has 0 saturated heterocycles. The molecule has 3 nitrogen and oxygen atoms in total. The Morgan fingerprint density at radius 3 is 2.36 bits per heavy atom. The quantitative estimate of drug-likeness (QED) is 0.670. The number of aromatic carboxylic acids is 1. The van der Waals surface area contributed by atoms with Gasteiger partial charge in [-0.05, 0) is 23.6 Å². The van der Waals surface area contributed by atoms with Gasteiger partial charge in [0, 0.05) is 15.2 Å². The molecular weight excluding hydrogens is 334 g/mol. The summed E-state index contributed by atoms with van der Waals surface area (Å²) >= 11 is 4.62. The predicted molar refractivity (Wildman–Crippen MR) is 94.4 cm³/mol. The monoisotopic (exact) mass is 349 g/mol. The minimum absolute atomic E-state index is 0.281. The zero-order valence-electron chi connectivity index (χ0n) is 12.4. The highest BCUT2D eigenvalue weighted by Crippen LogP contribution is 2.40. The van der Waals surface area contributed by atoms with Crippen molar-refractivity contribution in [3.8, 4) is 19.6 Å². The molecule has 0 spiro atoms. The van der Waals surface area contributed by atoms with E-state index in [0.29, 0.717) is 10.6 Å². The summed E-state index contributed by atoms with van der Waals surface area (Å²) in [5, 5.41) is 12.3. The molecule has 0 aliphatic carbocycles.